The van der Waals surface area contributed by atoms with Crippen LogP contribution in [0.2, 0.25) is 0 Å². The van der Waals surface area contributed by atoms with E-state index < -0.39 is 0 Å². The Morgan fingerprint density at radius 2 is 2.18 bits per heavy atom. The second kappa shape index (κ2) is 6.60. The zero-order valence-electron chi connectivity index (χ0n) is 15.9. The molecule has 1 aromatic heterocycles. The molecule has 0 amide bonds. The fourth-order valence-electron chi connectivity index (χ4n) is 4.76. The van der Waals surface area contributed by atoms with Crippen molar-refractivity contribution in [1.29, 1.82) is 0 Å². The number of rotatable bonds is 4. The van der Waals surface area contributed by atoms with Gasteiger partial charge in [0.2, 0.25) is 0 Å². The lowest BCUT2D eigenvalue weighted by molar-refractivity contribution is 0.512. The van der Waals surface area contributed by atoms with Crippen LogP contribution in [0.3, 0.4) is 0 Å². The van der Waals surface area contributed by atoms with E-state index in [1.54, 1.807) is 0 Å². The van der Waals surface area contributed by atoms with Crippen molar-refractivity contribution in [1.82, 2.24) is 9.88 Å². The summed E-state index contributed by atoms with van der Waals surface area (Å²) in [6, 6.07) is 14.9. The van der Waals surface area contributed by atoms with Gasteiger partial charge in [0.05, 0.1) is 0 Å². The van der Waals surface area contributed by atoms with Crippen LogP contribution in [-0.4, -0.2) is 28.9 Å². The molecule has 0 saturated heterocycles. The monoisotopic (exact) mass is 369 g/mol. The van der Waals surface area contributed by atoms with Gasteiger partial charge in [0.25, 0.3) is 0 Å². The van der Waals surface area contributed by atoms with E-state index >= 15 is 0 Å². The number of aliphatic hydroxyl groups is 1. The molecule has 1 atom stereocenters. The average molecular weight is 369 g/mol. The van der Waals surface area contributed by atoms with Crippen molar-refractivity contribution in [3.05, 3.63) is 83.5 Å². The van der Waals surface area contributed by atoms with Crippen LogP contribution in [0.25, 0.3) is 22.4 Å². The molecule has 28 heavy (non-hydrogen) atoms. The first-order valence-corrected chi connectivity index (χ1v) is 9.91. The van der Waals surface area contributed by atoms with E-state index in [-0.39, 0.29) is 5.76 Å². The van der Waals surface area contributed by atoms with Gasteiger partial charge < -0.3 is 20.7 Å². The molecule has 0 radical (unpaired) electrons. The molecule has 0 spiro atoms. The van der Waals surface area contributed by atoms with E-state index in [2.05, 4.69) is 59.0 Å². The van der Waals surface area contributed by atoms with E-state index in [1.165, 1.54) is 33.3 Å². The highest BCUT2D eigenvalue weighted by Gasteiger charge is 2.36. The van der Waals surface area contributed by atoms with Crippen LogP contribution in [0.4, 0.5) is 0 Å². The molecule has 4 N–H and O–H groups in total. The number of aromatic nitrogens is 1. The molecular formula is C23H24BN3O. The van der Waals surface area contributed by atoms with E-state index in [0.29, 0.717) is 19.2 Å². The molecule has 2 aliphatic rings. The number of nitrogens with one attached hydrogen (secondary N) is 1. The summed E-state index contributed by atoms with van der Waals surface area (Å²) < 4.78 is 2.22. The number of hydrogen-bond acceptors (Lipinski definition) is 3. The summed E-state index contributed by atoms with van der Waals surface area (Å²) in [6.07, 6.45) is 4.00. The molecule has 5 rings (SSSR count). The van der Waals surface area contributed by atoms with E-state index in [9.17, 15) is 5.11 Å². The molecule has 0 aliphatic carbocycles. The SMILES string of the molecule is C=C(O)c1cccc2c1CB1C=C(c3ccc4ccn(CCN)c4c3)NC1C2. The average Bonchev–Trinajstić information content (AvgIpc) is 3.29. The van der Waals surface area contributed by atoms with E-state index in [4.69, 9.17) is 5.73 Å². The largest absolute Gasteiger partial charge is 0.508 e. The Labute approximate surface area is 165 Å². The molecule has 1 unspecified atom stereocenters. The lowest BCUT2D eigenvalue weighted by Crippen LogP contribution is -2.42. The van der Waals surface area contributed by atoms with Crippen LogP contribution >= 0.6 is 0 Å². The lowest BCUT2D eigenvalue weighted by Gasteiger charge is -2.27. The Morgan fingerprint density at radius 3 is 3.00 bits per heavy atom. The summed E-state index contributed by atoms with van der Waals surface area (Å²) in [7, 11) is 0. The molecule has 5 heteroatoms. The maximum atomic E-state index is 9.96. The number of benzene rings is 2. The van der Waals surface area contributed by atoms with Gasteiger partial charge in [0.15, 0.2) is 6.71 Å². The standard InChI is InChI=1S/C23H24BN3O/c1-15(28)19-4-2-3-17-12-23-24(13-20(17)19)14-21(26-23)18-6-5-16-7-9-27(10-8-25)22(16)11-18/h2-7,9,11,14,23,26,28H,1,8,10,12-13,25H2. The highest BCUT2D eigenvalue weighted by Crippen LogP contribution is 2.33. The van der Waals surface area contributed by atoms with Crippen molar-refractivity contribution >= 4 is 29.1 Å². The zero-order chi connectivity index (χ0) is 19.3. The molecule has 0 bridgehead atoms. The zero-order valence-corrected chi connectivity index (χ0v) is 15.9. The van der Waals surface area contributed by atoms with Crippen LogP contribution in [-0.2, 0) is 19.3 Å². The van der Waals surface area contributed by atoms with Crippen LogP contribution in [0.15, 0.2) is 61.2 Å². The third kappa shape index (κ3) is 2.74. The first kappa shape index (κ1) is 17.2. The van der Waals surface area contributed by atoms with Crippen molar-refractivity contribution in [2.45, 2.75) is 25.2 Å². The number of nitrogens with zero attached hydrogens (tertiary/aromatic N) is 1. The second-order valence-corrected chi connectivity index (χ2v) is 7.86. The Morgan fingerprint density at radius 1 is 1.29 bits per heavy atom. The molecule has 140 valence electrons. The van der Waals surface area contributed by atoms with Gasteiger partial charge in [-0.3, -0.25) is 0 Å². The van der Waals surface area contributed by atoms with E-state index in [1.807, 2.05) is 12.1 Å². The second-order valence-electron chi connectivity index (χ2n) is 7.86. The maximum absolute atomic E-state index is 9.96. The minimum Gasteiger partial charge on any atom is -0.508 e. The normalized spacial score (nSPS) is 17.8. The fourth-order valence-corrected chi connectivity index (χ4v) is 4.76. The molecule has 3 aromatic rings. The van der Waals surface area contributed by atoms with Gasteiger partial charge >= 0.3 is 0 Å². The Hall–Kier alpha value is -2.92. The summed E-state index contributed by atoms with van der Waals surface area (Å²) in [5, 5.41) is 15.0. The molecule has 2 aliphatic heterocycles. The summed E-state index contributed by atoms with van der Waals surface area (Å²) in [4.78, 5) is 0. The minimum absolute atomic E-state index is 0.163. The molecule has 0 saturated carbocycles. The van der Waals surface area contributed by atoms with Crippen LogP contribution < -0.4 is 11.1 Å². The van der Waals surface area contributed by atoms with Crippen LogP contribution in [0.5, 0.6) is 0 Å². The van der Waals surface area contributed by atoms with Crippen LogP contribution in [0, 0.1) is 0 Å². The summed E-state index contributed by atoms with van der Waals surface area (Å²) in [5.74, 6) is 2.93. The van der Waals surface area contributed by atoms with E-state index in [0.717, 1.165) is 24.8 Å². The summed E-state index contributed by atoms with van der Waals surface area (Å²) >= 11 is 0. The van der Waals surface area contributed by atoms with Gasteiger partial charge in [-0.1, -0.05) is 42.9 Å². The molecular weight excluding hydrogens is 345 g/mol. The number of fused-ring (bicyclic) bond motifs is 3. The molecule has 2 aromatic carbocycles. The molecule has 4 nitrogen and oxygen atoms in total. The Balaban J connectivity index is 1.47. The topological polar surface area (TPSA) is 63.2 Å². The summed E-state index contributed by atoms with van der Waals surface area (Å²) in [6.45, 7) is 5.63. The summed E-state index contributed by atoms with van der Waals surface area (Å²) in [5.41, 5.74) is 12.8. The van der Waals surface area contributed by atoms with Crippen molar-refractivity contribution in [2.24, 2.45) is 5.73 Å². The Bertz CT molecular complexity index is 1110. The predicted molar refractivity (Wildman–Crippen MR) is 117 cm³/mol. The quantitative estimate of drug-likeness (QED) is 0.488. The maximum Gasteiger partial charge on any atom is 0.199 e. The van der Waals surface area contributed by atoms with Gasteiger partial charge in [-0.05, 0) is 47.0 Å². The van der Waals surface area contributed by atoms with Crippen LogP contribution in [0.1, 0.15) is 22.3 Å². The highest BCUT2D eigenvalue weighted by atomic mass is 16.3. The van der Waals surface area contributed by atoms with Gasteiger partial charge in [-0.2, -0.15) is 0 Å². The van der Waals surface area contributed by atoms with Crippen molar-refractivity contribution < 1.29 is 5.11 Å². The van der Waals surface area contributed by atoms with Crippen molar-refractivity contribution in [3.63, 3.8) is 0 Å². The highest BCUT2D eigenvalue weighted by molar-refractivity contribution is 6.68. The fraction of sp³-hybridized carbons (Fsp3) is 0.217. The first-order chi connectivity index (χ1) is 13.6. The number of aliphatic hydroxyl groups excluding tert-OH is 1. The number of hydrogen-bond donors (Lipinski definition) is 3. The van der Waals surface area contributed by atoms with Gasteiger partial charge in [-0.15, -0.1) is 0 Å². The van der Waals surface area contributed by atoms with Gasteiger partial charge in [0, 0.05) is 42.0 Å². The van der Waals surface area contributed by atoms with Gasteiger partial charge in [0.1, 0.15) is 5.76 Å². The third-order valence-electron chi connectivity index (χ3n) is 6.16. The third-order valence-corrected chi connectivity index (χ3v) is 6.16. The molecule has 0 fully saturated rings. The lowest BCUT2D eigenvalue weighted by atomic mass is 9.39. The van der Waals surface area contributed by atoms with Crippen molar-refractivity contribution in [2.75, 3.05) is 6.54 Å². The predicted octanol–water partition coefficient (Wildman–Crippen LogP) is 3.35. The smallest absolute Gasteiger partial charge is 0.199 e. The van der Waals surface area contributed by atoms with Gasteiger partial charge in [-0.25, -0.2) is 0 Å². The van der Waals surface area contributed by atoms with Crippen molar-refractivity contribution in [3.8, 4) is 0 Å². The molecule has 3 heterocycles. The first-order valence-electron chi connectivity index (χ1n) is 9.91. The Kier molecular flexibility index (Phi) is 4.06. The number of nitrogens with two attached hydrogens (primary N) is 1. The minimum atomic E-state index is 0.163.